The zero-order valence-electron chi connectivity index (χ0n) is 11.8. The Bertz CT molecular complexity index is 793. The van der Waals surface area contributed by atoms with Crippen LogP contribution < -0.4 is 4.74 Å². The maximum atomic E-state index is 5.31. The lowest BCUT2D eigenvalue weighted by Crippen LogP contribution is -2.04. The van der Waals surface area contributed by atoms with E-state index < -0.39 is 0 Å². The van der Waals surface area contributed by atoms with Gasteiger partial charge in [0, 0.05) is 29.1 Å². The number of aryl methyl sites for hydroxylation is 1. The van der Waals surface area contributed by atoms with Crippen molar-refractivity contribution < 1.29 is 4.74 Å². The van der Waals surface area contributed by atoms with E-state index in [0.717, 1.165) is 35.5 Å². The molecule has 3 aromatic rings. The Balaban J connectivity index is 1.85. The molecule has 0 saturated carbocycles. The van der Waals surface area contributed by atoms with Crippen LogP contribution in [0.4, 0.5) is 0 Å². The number of hydrogen-bond donors (Lipinski definition) is 1. The van der Waals surface area contributed by atoms with Crippen LogP contribution in [-0.4, -0.2) is 22.3 Å². The molecule has 0 unspecified atom stereocenters. The predicted octanol–water partition coefficient (Wildman–Crippen LogP) is 3.25. The van der Waals surface area contributed by atoms with Crippen LogP contribution in [0.2, 0.25) is 0 Å². The molecule has 104 valence electrons. The predicted molar refractivity (Wildman–Crippen MR) is 81.2 cm³/mol. The quantitative estimate of drug-likeness (QED) is 0.782. The van der Waals surface area contributed by atoms with E-state index in [1.165, 1.54) is 16.7 Å². The second kappa shape index (κ2) is 4.74. The maximum Gasteiger partial charge on any atom is 0.119 e. The van der Waals surface area contributed by atoms with Crippen LogP contribution in [0, 0.1) is 0 Å². The number of rotatable bonds is 2. The SMILES string of the molecule is COc1ccc2c(c1)CCc1c(-c3cccnc3)n[nH]c1-2. The van der Waals surface area contributed by atoms with Crippen LogP contribution in [-0.2, 0) is 12.8 Å². The van der Waals surface area contributed by atoms with Crippen molar-refractivity contribution in [2.45, 2.75) is 12.8 Å². The summed E-state index contributed by atoms with van der Waals surface area (Å²) in [4.78, 5) is 4.19. The second-order valence-electron chi connectivity index (χ2n) is 5.19. The number of aromatic amines is 1. The number of fused-ring (bicyclic) bond motifs is 3. The Morgan fingerprint density at radius 1 is 1.19 bits per heavy atom. The molecule has 4 heteroatoms. The van der Waals surface area contributed by atoms with Crippen LogP contribution in [0.1, 0.15) is 11.1 Å². The first-order valence-corrected chi connectivity index (χ1v) is 7.02. The Morgan fingerprint density at radius 2 is 2.14 bits per heavy atom. The summed E-state index contributed by atoms with van der Waals surface area (Å²) in [7, 11) is 1.70. The molecule has 0 amide bonds. The number of ether oxygens (including phenoxy) is 1. The number of aromatic nitrogens is 3. The van der Waals surface area contributed by atoms with E-state index >= 15 is 0 Å². The molecule has 0 atom stereocenters. The third-order valence-electron chi connectivity index (χ3n) is 4.03. The molecule has 1 N–H and O–H groups in total. The van der Waals surface area contributed by atoms with Gasteiger partial charge in [-0.05, 0) is 48.7 Å². The van der Waals surface area contributed by atoms with Crippen molar-refractivity contribution in [2.24, 2.45) is 0 Å². The highest BCUT2D eigenvalue weighted by Gasteiger charge is 2.22. The van der Waals surface area contributed by atoms with E-state index in [2.05, 4.69) is 27.3 Å². The fraction of sp³-hybridized carbons (Fsp3) is 0.176. The van der Waals surface area contributed by atoms with Crippen molar-refractivity contribution in [3.63, 3.8) is 0 Å². The van der Waals surface area contributed by atoms with Crippen molar-refractivity contribution in [1.29, 1.82) is 0 Å². The third kappa shape index (κ3) is 1.91. The van der Waals surface area contributed by atoms with Crippen molar-refractivity contribution >= 4 is 0 Å². The standard InChI is InChI=1S/C17H15N3O/c1-21-13-5-7-14-11(9-13)4-6-15-16(19-20-17(14)15)12-3-2-8-18-10-12/h2-3,5,7-10H,4,6H2,1H3,(H,19,20). The van der Waals surface area contributed by atoms with Gasteiger partial charge in [0.2, 0.25) is 0 Å². The summed E-state index contributed by atoms with van der Waals surface area (Å²) in [5.41, 5.74) is 7.01. The van der Waals surface area contributed by atoms with E-state index in [4.69, 9.17) is 4.74 Å². The number of nitrogens with zero attached hydrogens (tertiary/aromatic N) is 2. The zero-order valence-corrected chi connectivity index (χ0v) is 11.8. The van der Waals surface area contributed by atoms with Crippen molar-refractivity contribution in [2.75, 3.05) is 7.11 Å². The number of H-pyrrole nitrogens is 1. The topological polar surface area (TPSA) is 50.8 Å². The first kappa shape index (κ1) is 12.1. The number of nitrogens with one attached hydrogen (secondary N) is 1. The molecular weight excluding hydrogens is 262 g/mol. The number of hydrogen-bond acceptors (Lipinski definition) is 3. The highest BCUT2D eigenvalue weighted by molar-refractivity contribution is 5.77. The van der Waals surface area contributed by atoms with Gasteiger partial charge in [-0.1, -0.05) is 0 Å². The van der Waals surface area contributed by atoms with Crippen molar-refractivity contribution in [3.8, 4) is 28.3 Å². The van der Waals surface area contributed by atoms with Crippen LogP contribution in [0.5, 0.6) is 5.75 Å². The molecule has 0 spiro atoms. The largest absolute Gasteiger partial charge is 0.497 e. The van der Waals surface area contributed by atoms with Crippen molar-refractivity contribution in [3.05, 3.63) is 53.9 Å². The lowest BCUT2D eigenvalue weighted by Gasteiger charge is -2.17. The maximum absolute atomic E-state index is 5.31. The lowest BCUT2D eigenvalue weighted by atomic mass is 9.88. The van der Waals surface area contributed by atoms with Gasteiger partial charge in [0.15, 0.2) is 0 Å². The minimum Gasteiger partial charge on any atom is -0.497 e. The molecule has 2 aromatic heterocycles. The normalized spacial score (nSPS) is 12.6. The van der Waals surface area contributed by atoms with E-state index in [-0.39, 0.29) is 0 Å². The molecule has 0 aliphatic heterocycles. The summed E-state index contributed by atoms with van der Waals surface area (Å²) in [6.45, 7) is 0. The first-order chi connectivity index (χ1) is 10.4. The minimum absolute atomic E-state index is 0.907. The summed E-state index contributed by atoms with van der Waals surface area (Å²) in [5.74, 6) is 0.907. The third-order valence-corrected chi connectivity index (χ3v) is 4.03. The zero-order chi connectivity index (χ0) is 14.2. The fourth-order valence-electron chi connectivity index (χ4n) is 2.98. The molecule has 0 fully saturated rings. The average molecular weight is 277 g/mol. The van der Waals surface area contributed by atoms with Gasteiger partial charge in [-0.25, -0.2) is 0 Å². The van der Waals surface area contributed by atoms with Crippen LogP contribution in [0.25, 0.3) is 22.5 Å². The van der Waals surface area contributed by atoms with E-state index in [9.17, 15) is 0 Å². The van der Waals surface area contributed by atoms with Crippen LogP contribution >= 0.6 is 0 Å². The summed E-state index contributed by atoms with van der Waals surface area (Å²) >= 11 is 0. The molecule has 21 heavy (non-hydrogen) atoms. The fourth-order valence-corrected chi connectivity index (χ4v) is 2.98. The van der Waals surface area contributed by atoms with Crippen LogP contribution in [0.3, 0.4) is 0 Å². The molecular formula is C17H15N3O. The first-order valence-electron chi connectivity index (χ1n) is 7.02. The van der Waals surface area contributed by atoms with Gasteiger partial charge >= 0.3 is 0 Å². The number of methoxy groups -OCH3 is 1. The van der Waals surface area contributed by atoms with Gasteiger partial charge in [0.05, 0.1) is 18.5 Å². The molecule has 0 radical (unpaired) electrons. The number of benzene rings is 1. The van der Waals surface area contributed by atoms with Crippen LogP contribution in [0.15, 0.2) is 42.7 Å². The lowest BCUT2D eigenvalue weighted by molar-refractivity contribution is 0.414. The highest BCUT2D eigenvalue weighted by atomic mass is 16.5. The minimum atomic E-state index is 0.907. The van der Waals surface area contributed by atoms with Gasteiger partial charge in [0.25, 0.3) is 0 Å². The average Bonchev–Trinajstić information content (AvgIpc) is 2.99. The summed E-state index contributed by atoms with van der Waals surface area (Å²) in [5, 5.41) is 7.71. The highest BCUT2D eigenvalue weighted by Crippen LogP contribution is 2.38. The Hall–Kier alpha value is -2.62. The monoisotopic (exact) mass is 277 g/mol. The Labute approximate surface area is 122 Å². The Morgan fingerprint density at radius 3 is 2.95 bits per heavy atom. The van der Waals surface area contributed by atoms with Gasteiger partial charge < -0.3 is 4.74 Å². The molecule has 4 rings (SSSR count). The summed E-state index contributed by atoms with van der Waals surface area (Å²) in [6.07, 6.45) is 5.63. The molecule has 1 aromatic carbocycles. The second-order valence-corrected chi connectivity index (χ2v) is 5.19. The molecule has 1 aliphatic rings. The summed E-state index contributed by atoms with van der Waals surface area (Å²) in [6, 6.07) is 10.2. The van der Waals surface area contributed by atoms with Gasteiger partial charge in [-0.2, -0.15) is 5.10 Å². The van der Waals surface area contributed by atoms with Crippen molar-refractivity contribution in [1.82, 2.24) is 15.2 Å². The van der Waals surface area contributed by atoms with Gasteiger partial charge in [0.1, 0.15) is 5.75 Å². The molecule has 0 saturated heterocycles. The van der Waals surface area contributed by atoms with E-state index in [1.807, 2.05) is 24.4 Å². The Kier molecular flexibility index (Phi) is 2.74. The summed E-state index contributed by atoms with van der Waals surface area (Å²) < 4.78 is 5.31. The molecule has 0 bridgehead atoms. The molecule has 1 aliphatic carbocycles. The number of pyridine rings is 1. The smallest absolute Gasteiger partial charge is 0.119 e. The van der Waals surface area contributed by atoms with Gasteiger partial charge in [-0.15, -0.1) is 0 Å². The molecule has 4 nitrogen and oxygen atoms in total. The van der Waals surface area contributed by atoms with E-state index in [0.29, 0.717) is 0 Å². The van der Waals surface area contributed by atoms with E-state index in [1.54, 1.807) is 13.3 Å². The van der Waals surface area contributed by atoms with Gasteiger partial charge in [-0.3, -0.25) is 10.1 Å². The molecule has 2 heterocycles.